The molecule has 0 radical (unpaired) electrons. The van der Waals surface area contributed by atoms with Crippen molar-refractivity contribution in [2.24, 2.45) is 5.73 Å². The van der Waals surface area contributed by atoms with Crippen LogP contribution in [0.2, 0.25) is 5.02 Å². The molecule has 17 heavy (non-hydrogen) atoms. The van der Waals surface area contributed by atoms with Gasteiger partial charge in [0.2, 0.25) is 0 Å². The molecule has 3 nitrogen and oxygen atoms in total. The summed E-state index contributed by atoms with van der Waals surface area (Å²) in [5.74, 6) is 0.833. The van der Waals surface area contributed by atoms with E-state index in [1.54, 1.807) is 11.8 Å². The standard InChI is InChI=1S/C11H16ClNO2S2/c1-17(14,15)6-5-10(13)8-16-11-4-2-3-9(12)7-11/h2-4,7,10H,5-6,8,13H2,1H3. The minimum Gasteiger partial charge on any atom is -0.327 e. The summed E-state index contributed by atoms with van der Waals surface area (Å²) < 4.78 is 21.9. The zero-order valence-corrected chi connectivity index (χ0v) is 12.0. The van der Waals surface area contributed by atoms with Gasteiger partial charge in [0.25, 0.3) is 0 Å². The summed E-state index contributed by atoms with van der Waals surface area (Å²) in [6.45, 7) is 0. The number of hydrogen-bond acceptors (Lipinski definition) is 4. The van der Waals surface area contributed by atoms with Gasteiger partial charge in [0.05, 0.1) is 5.75 Å². The summed E-state index contributed by atoms with van der Waals surface area (Å²) in [6.07, 6.45) is 1.72. The van der Waals surface area contributed by atoms with Gasteiger partial charge in [-0.05, 0) is 24.6 Å². The number of thioether (sulfide) groups is 1. The average Bonchev–Trinajstić information content (AvgIpc) is 2.23. The Morgan fingerprint density at radius 1 is 1.47 bits per heavy atom. The summed E-state index contributed by atoms with van der Waals surface area (Å²) in [5, 5.41) is 0.694. The molecule has 0 spiro atoms. The Labute approximate surface area is 112 Å². The van der Waals surface area contributed by atoms with Gasteiger partial charge >= 0.3 is 0 Å². The number of sulfone groups is 1. The molecule has 0 aliphatic carbocycles. The van der Waals surface area contributed by atoms with E-state index in [2.05, 4.69) is 0 Å². The minimum atomic E-state index is -2.92. The van der Waals surface area contributed by atoms with Gasteiger partial charge in [0, 0.05) is 28.0 Å². The van der Waals surface area contributed by atoms with Crippen LogP contribution in [0.25, 0.3) is 0 Å². The molecule has 0 heterocycles. The average molecular weight is 294 g/mol. The zero-order chi connectivity index (χ0) is 12.9. The van der Waals surface area contributed by atoms with E-state index in [0.717, 1.165) is 4.90 Å². The quantitative estimate of drug-likeness (QED) is 0.817. The van der Waals surface area contributed by atoms with E-state index >= 15 is 0 Å². The SMILES string of the molecule is CS(=O)(=O)CCC(N)CSc1cccc(Cl)c1. The van der Waals surface area contributed by atoms with Crippen LogP contribution in [0, 0.1) is 0 Å². The third-order valence-corrected chi connectivity index (χ3v) is 4.51. The summed E-state index contributed by atoms with van der Waals surface area (Å²) in [4.78, 5) is 1.05. The molecule has 1 aromatic rings. The molecule has 1 aromatic carbocycles. The highest BCUT2D eigenvalue weighted by Gasteiger charge is 2.08. The van der Waals surface area contributed by atoms with Crippen LogP contribution in [-0.4, -0.2) is 32.2 Å². The van der Waals surface area contributed by atoms with E-state index in [1.807, 2.05) is 24.3 Å². The normalized spacial score (nSPS) is 13.6. The number of hydrogen-bond donors (Lipinski definition) is 1. The highest BCUT2D eigenvalue weighted by atomic mass is 35.5. The van der Waals surface area contributed by atoms with Gasteiger partial charge in [-0.1, -0.05) is 17.7 Å². The fourth-order valence-corrected chi connectivity index (χ4v) is 3.15. The van der Waals surface area contributed by atoms with E-state index in [4.69, 9.17) is 17.3 Å². The maximum Gasteiger partial charge on any atom is 0.147 e. The Morgan fingerprint density at radius 2 is 2.18 bits per heavy atom. The largest absolute Gasteiger partial charge is 0.327 e. The zero-order valence-electron chi connectivity index (χ0n) is 9.60. The second-order valence-corrected chi connectivity index (χ2v) is 7.74. The molecule has 0 saturated heterocycles. The molecule has 0 amide bonds. The van der Waals surface area contributed by atoms with Crippen LogP contribution in [-0.2, 0) is 9.84 Å². The lowest BCUT2D eigenvalue weighted by molar-refractivity contribution is 0.594. The van der Waals surface area contributed by atoms with Crippen LogP contribution < -0.4 is 5.73 Å². The summed E-state index contributed by atoms with van der Waals surface area (Å²) in [7, 11) is -2.92. The monoisotopic (exact) mass is 293 g/mol. The van der Waals surface area contributed by atoms with Gasteiger partial charge in [-0.25, -0.2) is 8.42 Å². The van der Waals surface area contributed by atoms with Crippen molar-refractivity contribution in [3.05, 3.63) is 29.3 Å². The highest BCUT2D eigenvalue weighted by molar-refractivity contribution is 7.99. The molecule has 0 aliphatic heterocycles. The van der Waals surface area contributed by atoms with Crippen LogP contribution in [0.1, 0.15) is 6.42 Å². The van der Waals surface area contributed by atoms with Crippen molar-refractivity contribution in [1.29, 1.82) is 0 Å². The number of rotatable bonds is 6. The van der Waals surface area contributed by atoms with Crippen molar-refractivity contribution in [1.82, 2.24) is 0 Å². The van der Waals surface area contributed by atoms with E-state index in [0.29, 0.717) is 17.2 Å². The molecule has 0 saturated carbocycles. The molecule has 1 rings (SSSR count). The van der Waals surface area contributed by atoms with Gasteiger partial charge in [-0.2, -0.15) is 0 Å². The Bertz CT molecular complexity index is 462. The van der Waals surface area contributed by atoms with Crippen LogP contribution in [0.5, 0.6) is 0 Å². The first-order valence-corrected chi connectivity index (χ1v) is 8.61. The third-order valence-electron chi connectivity index (χ3n) is 2.12. The lowest BCUT2D eigenvalue weighted by atomic mass is 10.3. The van der Waals surface area contributed by atoms with Crippen molar-refractivity contribution in [3.63, 3.8) is 0 Å². The van der Waals surface area contributed by atoms with Gasteiger partial charge in [-0.15, -0.1) is 11.8 Å². The topological polar surface area (TPSA) is 60.2 Å². The number of halogens is 1. The fourth-order valence-electron chi connectivity index (χ4n) is 1.21. The van der Waals surface area contributed by atoms with Crippen LogP contribution in [0.3, 0.4) is 0 Å². The molecule has 2 N–H and O–H groups in total. The van der Waals surface area contributed by atoms with Gasteiger partial charge < -0.3 is 5.73 Å². The summed E-state index contributed by atoms with van der Waals surface area (Å²) in [6, 6.07) is 7.41. The number of benzene rings is 1. The predicted octanol–water partition coefficient (Wildman–Crippen LogP) is 2.19. The Balaban J connectivity index is 2.36. The molecular formula is C11H16ClNO2S2. The van der Waals surface area contributed by atoms with Gasteiger partial charge in [-0.3, -0.25) is 0 Å². The van der Waals surface area contributed by atoms with Gasteiger partial charge in [0.15, 0.2) is 0 Å². The highest BCUT2D eigenvalue weighted by Crippen LogP contribution is 2.22. The second kappa shape index (κ2) is 6.64. The van der Waals surface area contributed by atoms with E-state index < -0.39 is 9.84 Å². The predicted molar refractivity (Wildman–Crippen MR) is 74.5 cm³/mol. The van der Waals surface area contributed by atoms with Crippen molar-refractivity contribution in [2.45, 2.75) is 17.4 Å². The molecular weight excluding hydrogens is 278 g/mol. The molecule has 0 bridgehead atoms. The lowest BCUT2D eigenvalue weighted by Gasteiger charge is -2.10. The van der Waals surface area contributed by atoms with Crippen molar-refractivity contribution < 1.29 is 8.42 Å². The second-order valence-electron chi connectivity index (χ2n) is 3.95. The fraction of sp³-hybridized carbons (Fsp3) is 0.455. The van der Waals surface area contributed by atoms with Crippen LogP contribution in [0.15, 0.2) is 29.2 Å². The summed E-state index contributed by atoms with van der Waals surface area (Å²) >= 11 is 7.45. The molecule has 6 heteroatoms. The van der Waals surface area contributed by atoms with Crippen molar-refractivity contribution >= 4 is 33.2 Å². The smallest absolute Gasteiger partial charge is 0.147 e. The molecule has 0 fully saturated rings. The first kappa shape index (κ1) is 14.8. The maximum atomic E-state index is 11.0. The Kier molecular flexibility index (Phi) is 5.79. The molecule has 1 atom stereocenters. The summed E-state index contributed by atoms with van der Waals surface area (Å²) in [5.41, 5.74) is 5.85. The minimum absolute atomic E-state index is 0.117. The van der Waals surface area contributed by atoms with Crippen LogP contribution in [0.4, 0.5) is 0 Å². The maximum absolute atomic E-state index is 11.0. The van der Waals surface area contributed by atoms with Crippen molar-refractivity contribution in [3.8, 4) is 0 Å². The molecule has 1 unspecified atom stereocenters. The molecule has 96 valence electrons. The third kappa shape index (κ3) is 6.93. The van der Waals surface area contributed by atoms with E-state index in [-0.39, 0.29) is 11.8 Å². The Morgan fingerprint density at radius 3 is 2.76 bits per heavy atom. The Hall–Kier alpha value is -0.230. The van der Waals surface area contributed by atoms with Gasteiger partial charge in [0.1, 0.15) is 9.84 Å². The lowest BCUT2D eigenvalue weighted by Crippen LogP contribution is -2.25. The first-order valence-electron chi connectivity index (χ1n) is 5.18. The van der Waals surface area contributed by atoms with E-state index in [1.165, 1.54) is 6.26 Å². The molecule has 0 aromatic heterocycles. The first-order chi connectivity index (χ1) is 7.87. The van der Waals surface area contributed by atoms with Crippen molar-refractivity contribution in [2.75, 3.05) is 17.8 Å². The number of nitrogens with two attached hydrogens (primary N) is 1. The van der Waals surface area contributed by atoms with Crippen LogP contribution >= 0.6 is 23.4 Å². The van der Waals surface area contributed by atoms with E-state index in [9.17, 15) is 8.42 Å². The molecule has 0 aliphatic rings.